The Labute approximate surface area is 95.2 Å². The van der Waals surface area contributed by atoms with Crippen molar-refractivity contribution in [3.05, 3.63) is 0 Å². The summed E-state index contributed by atoms with van der Waals surface area (Å²) in [6.45, 7) is 6.80. The summed E-state index contributed by atoms with van der Waals surface area (Å²) in [6.07, 6.45) is 9.76. The van der Waals surface area contributed by atoms with E-state index in [9.17, 15) is 0 Å². The molecule has 0 aromatic carbocycles. The number of hydrogen-bond acceptors (Lipinski definition) is 2. The smallest absolute Gasteiger partial charge is 0.00670 e. The molecule has 0 amide bonds. The first-order valence-corrected chi connectivity index (χ1v) is 6.76. The van der Waals surface area contributed by atoms with Crippen molar-refractivity contribution in [3.8, 4) is 0 Å². The number of nitrogens with one attached hydrogen (secondary N) is 2. The molecule has 2 N–H and O–H groups in total. The fourth-order valence-electron chi connectivity index (χ4n) is 2.25. The van der Waals surface area contributed by atoms with Crippen LogP contribution in [0.2, 0.25) is 0 Å². The lowest BCUT2D eigenvalue weighted by molar-refractivity contribution is 0.370. The predicted molar refractivity (Wildman–Crippen MR) is 67.2 cm³/mol. The highest BCUT2D eigenvalue weighted by molar-refractivity contribution is 4.71. The maximum absolute atomic E-state index is 3.68. The van der Waals surface area contributed by atoms with Crippen LogP contribution in [0.15, 0.2) is 0 Å². The molecule has 0 saturated heterocycles. The van der Waals surface area contributed by atoms with Gasteiger partial charge in [0.15, 0.2) is 0 Å². The number of hydrogen-bond donors (Lipinski definition) is 2. The topological polar surface area (TPSA) is 24.1 Å². The fraction of sp³-hybridized carbons (Fsp3) is 1.00. The summed E-state index contributed by atoms with van der Waals surface area (Å²) in [7, 11) is 0. The molecule has 0 atom stereocenters. The molecule has 0 aromatic heterocycles. The third-order valence-corrected chi connectivity index (χ3v) is 3.19. The van der Waals surface area contributed by atoms with Gasteiger partial charge in [0, 0.05) is 12.1 Å². The van der Waals surface area contributed by atoms with Crippen LogP contribution < -0.4 is 10.6 Å². The Morgan fingerprint density at radius 1 is 1.00 bits per heavy atom. The molecule has 0 radical (unpaired) electrons. The molecule has 15 heavy (non-hydrogen) atoms. The third kappa shape index (κ3) is 6.91. The Hall–Kier alpha value is -0.0800. The first-order chi connectivity index (χ1) is 7.29. The second-order valence-electron chi connectivity index (χ2n) is 5.10. The third-order valence-electron chi connectivity index (χ3n) is 3.19. The van der Waals surface area contributed by atoms with Crippen molar-refractivity contribution in [1.82, 2.24) is 10.6 Å². The predicted octanol–water partition coefficient (Wildman–Crippen LogP) is 2.69. The number of rotatable bonds is 7. The molecule has 0 aliphatic heterocycles. The molecule has 0 bridgehead atoms. The van der Waals surface area contributed by atoms with E-state index in [-0.39, 0.29) is 0 Å². The van der Waals surface area contributed by atoms with E-state index >= 15 is 0 Å². The summed E-state index contributed by atoms with van der Waals surface area (Å²) in [5, 5.41) is 7.14. The SMILES string of the molecule is CC(C)NCCCCNC1CCCCC1. The van der Waals surface area contributed by atoms with Crippen molar-refractivity contribution in [2.45, 2.75) is 70.9 Å². The van der Waals surface area contributed by atoms with E-state index in [1.54, 1.807) is 0 Å². The van der Waals surface area contributed by atoms with E-state index in [1.165, 1.54) is 58.0 Å². The minimum atomic E-state index is 0.635. The lowest BCUT2D eigenvalue weighted by Gasteiger charge is -2.22. The maximum atomic E-state index is 3.68. The van der Waals surface area contributed by atoms with Gasteiger partial charge in [-0.3, -0.25) is 0 Å². The van der Waals surface area contributed by atoms with Gasteiger partial charge >= 0.3 is 0 Å². The molecule has 2 heteroatoms. The van der Waals surface area contributed by atoms with Gasteiger partial charge in [-0.2, -0.15) is 0 Å². The molecule has 1 saturated carbocycles. The zero-order valence-electron chi connectivity index (χ0n) is 10.5. The molecule has 0 heterocycles. The van der Waals surface area contributed by atoms with E-state index in [1.807, 2.05) is 0 Å². The zero-order valence-corrected chi connectivity index (χ0v) is 10.5. The molecule has 0 spiro atoms. The van der Waals surface area contributed by atoms with E-state index in [0.717, 1.165) is 6.04 Å². The van der Waals surface area contributed by atoms with Crippen LogP contribution in [0.5, 0.6) is 0 Å². The average molecular weight is 212 g/mol. The van der Waals surface area contributed by atoms with Crippen molar-refractivity contribution in [1.29, 1.82) is 0 Å². The highest BCUT2D eigenvalue weighted by Gasteiger charge is 2.11. The Morgan fingerprint density at radius 3 is 2.33 bits per heavy atom. The summed E-state index contributed by atoms with van der Waals surface area (Å²) >= 11 is 0. The maximum Gasteiger partial charge on any atom is 0.00670 e. The molecule has 1 fully saturated rings. The molecule has 0 aromatic rings. The van der Waals surface area contributed by atoms with Crippen LogP contribution in [0.1, 0.15) is 58.8 Å². The van der Waals surface area contributed by atoms with Gasteiger partial charge in [-0.25, -0.2) is 0 Å². The molecule has 90 valence electrons. The van der Waals surface area contributed by atoms with Crippen LogP contribution >= 0.6 is 0 Å². The van der Waals surface area contributed by atoms with Crippen molar-refractivity contribution in [2.24, 2.45) is 0 Å². The summed E-state index contributed by atoms with van der Waals surface area (Å²) in [5.74, 6) is 0. The molecule has 2 nitrogen and oxygen atoms in total. The Bertz CT molecular complexity index is 139. The molecular formula is C13H28N2. The molecule has 1 aliphatic carbocycles. The fourth-order valence-corrected chi connectivity index (χ4v) is 2.25. The molecule has 1 aliphatic rings. The van der Waals surface area contributed by atoms with Crippen molar-refractivity contribution in [2.75, 3.05) is 13.1 Å². The van der Waals surface area contributed by atoms with E-state index in [4.69, 9.17) is 0 Å². The highest BCUT2D eigenvalue weighted by Crippen LogP contribution is 2.17. The van der Waals surface area contributed by atoms with Crippen LogP contribution in [0, 0.1) is 0 Å². The van der Waals surface area contributed by atoms with E-state index in [2.05, 4.69) is 24.5 Å². The minimum Gasteiger partial charge on any atom is -0.315 e. The van der Waals surface area contributed by atoms with Gasteiger partial charge in [-0.15, -0.1) is 0 Å². The van der Waals surface area contributed by atoms with Gasteiger partial charge in [0.05, 0.1) is 0 Å². The van der Waals surface area contributed by atoms with Crippen LogP contribution in [-0.4, -0.2) is 25.2 Å². The van der Waals surface area contributed by atoms with Gasteiger partial charge in [0.1, 0.15) is 0 Å². The normalized spacial score (nSPS) is 18.6. The summed E-state index contributed by atoms with van der Waals surface area (Å²) in [4.78, 5) is 0. The minimum absolute atomic E-state index is 0.635. The van der Waals surface area contributed by atoms with Crippen molar-refractivity contribution >= 4 is 0 Å². The van der Waals surface area contributed by atoms with Gasteiger partial charge in [-0.1, -0.05) is 33.1 Å². The zero-order chi connectivity index (χ0) is 10.9. The largest absolute Gasteiger partial charge is 0.315 e. The summed E-state index contributed by atoms with van der Waals surface area (Å²) in [5.41, 5.74) is 0. The van der Waals surface area contributed by atoms with Gasteiger partial charge in [0.25, 0.3) is 0 Å². The lowest BCUT2D eigenvalue weighted by atomic mass is 9.95. The average Bonchev–Trinajstić information content (AvgIpc) is 2.24. The summed E-state index contributed by atoms with van der Waals surface area (Å²) in [6, 6.07) is 1.47. The first-order valence-electron chi connectivity index (χ1n) is 6.76. The van der Waals surface area contributed by atoms with Gasteiger partial charge in [-0.05, 0) is 38.8 Å². The molecular weight excluding hydrogens is 184 g/mol. The van der Waals surface area contributed by atoms with Crippen LogP contribution in [-0.2, 0) is 0 Å². The summed E-state index contributed by atoms with van der Waals surface area (Å²) < 4.78 is 0. The molecule has 1 rings (SSSR count). The van der Waals surface area contributed by atoms with Crippen LogP contribution in [0.3, 0.4) is 0 Å². The second kappa shape index (κ2) is 8.12. The van der Waals surface area contributed by atoms with E-state index < -0.39 is 0 Å². The van der Waals surface area contributed by atoms with Crippen molar-refractivity contribution in [3.63, 3.8) is 0 Å². The van der Waals surface area contributed by atoms with Gasteiger partial charge in [0.2, 0.25) is 0 Å². The van der Waals surface area contributed by atoms with E-state index in [0.29, 0.717) is 6.04 Å². The Balaban J connectivity index is 1.83. The second-order valence-corrected chi connectivity index (χ2v) is 5.10. The highest BCUT2D eigenvalue weighted by atomic mass is 14.9. The standard InChI is InChI=1S/C13H28N2/c1-12(2)14-10-6-7-11-15-13-8-4-3-5-9-13/h12-15H,3-11H2,1-2H3. The van der Waals surface area contributed by atoms with Crippen LogP contribution in [0.4, 0.5) is 0 Å². The van der Waals surface area contributed by atoms with Gasteiger partial charge < -0.3 is 10.6 Å². The lowest BCUT2D eigenvalue weighted by Crippen LogP contribution is -2.32. The first kappa shape index (κ1) is 13.0. The van der Waals surface area contributed by atoms with Crippen molar-refractivity contribution < 1.29 is 0 Å². The monoisotopic (exact) mass is 212 g/mol. The quantitative estimate of drug-likeness (QED) is 0.634. The Kier molecular flexibility index (Phi) is 7.03. The number of unbranched alkanes of at least 4 members (excludes halogenated alkanes) is 1. The van der Waals surface area contributed by atoms with Crippen LogP contribution in [0.25, 0.3) is 0 Å². The molecule has 0 unspecified atom stereocenters. The Morgan fingerprint density at radius 2 is 1.67 bits per heavy atom.